The zero-order chi connectivity index (χ0) is 10.6. The average molecular weight is 209 g/mol. The van der Waals surface area contributed by atoms with Gasteiger partial charge in [-0.05, 0) is 24.4 Å². The van der Waals surface area contributed by atoms with E-state index < -0.39 is 0 Å². The lowest BCUT2D eigenvalue weighted by molar-refractivity contribution is 0.0888. The number of hydrazine groups is 1. The van der Waals surface area contributed by atoms with Crippen molar-refractivity contribution in [3.63, 3.8) is 0 Å². The van der Waals surface area contributed by atoms with Crippen LogP contribution in [0.4, 0.5) is 0 Å². The standard InChI is InChI=1S/C9H11N3OS/c1-12(9(10)14)11-8(13)7-5-3-2-4-6-7/h2-6H,1H3,(H2,10,14)(H,11,13). The van der Waals surface area contributed by atoms with Crippen LogP contribution in [0.2, 0.25) is 0 Å². The minimum Gasteiger partial charge on any atom is -0.375 e. The Kier molecular flexibility index (Phi) is 3.41. The molecule has 3 N–H and O–H groups in total. The first kappa shape index (κ1) is 10.5. The van der Waals surface area contributed by atoms with Crippen molar-refractivity contribution in [2.45, 2.75) is 0 Å². The maximum atomic E-state index is 11.5. The molecule has 0 bridgehead atoms. The van der Waals surface area contributed by atoms with Crippen LogP contribution in [0.1, 0.15) is 10.4 Å². The molecule has 0 saturated carbocycles. The molecule has 0 fully saturated rings. The molecule has 0 spiro atoms. The summed E-state index contributed by atoms with van der Waals surface area (Å²) in [6.45, 7) is 0. The van der Waals surface area contributed by atoms with Gasteiger partial charge in [0.25, 0.3) is 5.91 Å². The van der Waals surface area contributed by atoms with Crippen molar-refractivity contribution in [3.8, 4) is 0 Å². The number of amides is 1. The van der Waals surface area contributed by atoms with Gasteiger partial charge in [-0.15, -0.1) is 0 Å². The van der Waals surface area contributed by atoms with Crippen LogP contribution in [0.5, 0.6) is 0 Å². The van der Waals surface area contributed by atoms with E-state index in [1.165, 1.54) is 5.01 Å². The molecule has 0 saturated heterocycles. The number of nitrogens with one attached hydrogen (secondary N) is 1. The van der Waals surface area contributed by atoms with E-state index in [0.717, 1.165) is 0 Å². The van der Waals surface area contributed by atoms with Gasteiger partial charge < -0.3 is 5.73 Å². The van der Waals surface area contributed by atoms with Crippen molar-refractivity contribution in [2.24, 2.45) is 5.73 Å². The molecule has 14 heavy (non-hydrogen) atoms. The van der Waals surface area contributed by atoms with Crippen molar-refractivity contribution < 1.29 is 4.79 Å². The molecular weight excluding hydrogens is 198 g/mol. The number of thiocarbonyl (C=S) groups is 1. The second-order valence-electron chi connectivity index (χ2n) is 2.70. The van der Waals surface area contributed by atoms with Gasteiger partial charge in [-0.2, -0.15) is 0 Å². The molecule has 0 heterocycles. The Morgan fingerprint density at radius 3 is 2.50 bits per heavy atom. The van der Waals surface area contributed by atoms with E-state index >= 15 is 0 Å². The molecule has 0 aliphatic heterocycles. The fourth-order valence-corrected chi connectivity index (χ4v) is 0.907. The van der Waals surface area contributed by atoms with Crippen LogP contribution in [-0.4, -0.2) is 23.1 Å². The van der Waals surface area contributed by atoms with Gasteiger partial charge in [0.1, 0.15) is 0 Å². The molecule has 0 aromatic heterocycles. The third-order valence-electron chi connectivity index (χ3n) is 1.64. The molecule has 5 heteroatoms. The van der Waals surface area contributed by atoms with Gasteiger partial charge in [0.15, 0.2) is 5.11 Å². The van der Waals surface area contributed by atoms with Gasteiger partial charge in [0, 0.05) is 12.6 Å². The maximum absolute atomic E-state index is 11.5. The van der Waals surface area contributed by atoms with E-state index in [-0.39, 0.29) is 11.0 Å². The third-order valence-corrected chi connectivity index (χ3v) is 1.91. The summed E-state index contributed by atoms with van der Waals surface area (Å²) in [4.78, 5) is 11.5. The molecule has 1 amide bonds. The largest absolute Gasteiger partial charge is 0.375 e. The summed E-state index contributed by atoms with van der Waals surface area (Å²) >= 11 is 4.68. The van der Waals surface area contributed by atoms with Crippen molar-refractivity contribution in [1.29, 1.82) is 0 Å². The lowest BCUT2D eigenvalue weighted by Crippen LogP contribution is -2.45. The van der Waals surface area contributed by atoms with Crippen LogP contribution in [0.3, 0.4) is 0 Å². The zero-order valence-electron chi connectivity index (χ0n) is 7.73. The molecule has 0 unspecified atom stereocenters. The predicted octanol–water partition coefficient (Wildman–Crippen LogP) is 0.507. The molecule has 1 aromatic carbocycles. The molecule has 74 valence electrons. The van der Waals surface area contributed by atoms with E-state index in [2.05, 4.69) is 17.6 Å². The summed E-state index contributed by atoms with van der Waals surface area (Å²) in [5, 5.41) is 1.42. The molecule has 1 aromatic rings. The smallest absolute Gasteiger partial charge is 0.269 e. The number of carbonyl (C=O) groups is 1. The first-order chi connectivity index (χ1) is 6.61. The van der Waals surface area contributed by atoms with Crippen LogP contribution < -0.4 is 11.2 Å². The van der Waals surface area contributed by atoms with Crippen molar-refractivity contribution in [2.75, 3.05) is 7.05 Å². The molecule has 1 rings (SSSR count). The Bertz CT molecular complexity index is 339. The number of nitrogens with two attached hydrogens (primary N) is 1. The summed E-state index contributed by atoms with van der Waals surface area (Å²) in [7, 11) is 1.59. The Balaban J connectivity index is 2.64. The highest BCUT2D eigenvalue weighted by Gasteiger charge is 2.07. The first-order valence-electron chi connectivity index (χ1n) is 4.00. The van der Waals surface area contributed by atoms with Crippen LogP contribution in [0.15, 0.2) is 30.3 Å². The van der Waals surface area contributed by atoms with Crippen LogP contribution in [0, 0.1) is 0 Å². The van der Waals surface area contributed by atoms with Crippen molar-refractivity contribution >= 4 is 23.2 Å². The highest BCUT2D eigenvalue weighted by Crippen LogP contribution is 1.97. The molecule has 0 aliphatic rings. The van der Waals surface area contributed by atoms with Crippen LogP contribution in [-0.2, 0) is 0 Å². The first-order valence-corrected chi connectivity index (χ1v) is 4.41. The van der Waals surface area contributed by atoms with Crippen molar-refractivity contribution in [1.82, 2.24) is 10.4 Å². The van der Waals surface area contributed by atoms with E-state index in [1.807, 2.05) is 6.07 Å². The molecule has 4 nitrogen and oxygen atoms in total. The number of hydrogen-bond donors (Lipinski definition) is 2. The summed E-state index contributed by atoms with van der Waals surface area (Å²) in [5.74, 6) is -0.235. The lowest BCUT2D eigenvalue weighted by Gasteiger charge is -2.17. The van der Waals surface area contributed by atoms with Gasteiger partial charge >= 0.3 is 0 Å². The topological polar surface area (TPSA) is 58.4 Å². The van der Waals surface area contributed by atoms with E-state index in [1.54, 1.807) is 31.3 Å². The quantitative estimate of drug-likeness (QED) is 0.522. The van der Waals surface area contributed by atoms with E-state index in [0.29, 0.717) is 5.56 Å². The third kappa shape index (κ3) is 2.70. The highest BCUT2D eigenvalue weighted by molar-refractivity contribution is 7.80. The summed E-state index contributed by atoms with van der Waals surface area (Å²) in [5.41, 5.74) is 8.39. The minimum atomic E-state index is -0.235. The number of benzene rings is 1. The molecule has 0 atom stereocenters. The number of carbonyl (C=O) groups excluding carboxylic acids is 1. The lowest BCUT2D eigenvalue weighted by atomic mass is 10.2. The monoisotopic (exact) mass is 209 g/mol. The Morgan fingerprint density at radius 1 is 1.43 bits per heavy atom. The highest BCUT2D eigenvalue weighted by atomic mass is 32.1. The maximum Gasteiger partial charge on any atom is 0.269 e. The van der Waals surface area contributed by atoms with Gasteiger partial charge in [-0.25, -0.2) is 0 Å². The predicted molar refractivity (Wildman–Crippen MR) is 58.5 cm³/mol. The second kappa shape index (κ2) is 4.57. The van der Waals surface area contributed by atoms with Gasteiger partial charge in [0.2, 0.25) is 0 Å². The zero-order valence-corrected chi connectivity index (χ0v) is 8.54. The fraction of sp³-hybridized carbons (Fsp3) is 0.111. The normalized spacial score (nSPS) is 9.21. The molecular formula is C9H11N3OS. The van der Waals surface area contributed by atoms with E-state index in [4.69, 9.17) is 5.73 Å². The SMILES string of the molecule is CN(NC(=O)c1ccccc1)C(N)=S. The summed E-state index contributed by atoms with van der Waals surface area (Å²) < 4.78 is 0. The van der Waals surface area contributed by atoms with Gasteiger partial charge in [-0.1, -0.05) is 18.2 Å². The Labute approximate surface area is 87.7 Å². The van der Waals surface area contributed by atoms with Gasteiger partial charge in [-0.3, -0.25) is 15.2 Å². The summed E-state index contributed by atoms with van der Waals surface area (Å²) in [6, 6.07) is 8.84. The Morgan fingerprint density at radius 2 is 2.00 bits per heavy atom. The average Bonchev–Trinajstić information content (AvgIpc) is 2.19. The number of rotatable bonds is 1. The molecule has 0 aliphatic carbocycles. The minimum absolute atomic E-state index is 0.120. The molecule has 0 radical (unpaired) electrons. The summed E-state index contributed by atoms with van der Waals surface area (Å²) in [6.07, 6.45) is 0. The Hall–Kier alpha value is -1.62. The second-order valence-corrected chi connectivity index (χ2v) is 3.12. The number of nitrogens with zero attached hydrogens (tertiary/aromatic N) is 1. The number of hydrogen-bond acceptors (Lipinski definition) is 2. The van der Waals surface area contributed by atoms with Gasteiger partial charge in [0.05, 0.1) is 0 Å². The van der Waals surface area contributed by atoms with Crippen LogP contribution in [0.25, 0.3) is 0 Å². The van der Waals surface area contributed by atoms with Crippen LogP contribution >= 0.6 is 12.2 Å². The van der Waals surface area contributed by atoms with E-state index in [9.17, 15) is 4.79 Å². The fourth-order valence-electron chi connectivity index (χ4n) is 0.861. The van der Waals surface area contributed by atoms with Crippen molar-refractivity contribution in [3.05, 3.63) is 35.9 Å².